The first-order valence-electron chi connectivity index (χ1n) is 6.65. The molecule has 0 heterocycles. The molecule has 0 saturated heterocycles. The van der Waals surface area contributed by atoms with E-state index in [0.717, 1.165) is 12.0 Å². The third kappa shape index (κ3) is 4.90. The Morgan fingerprint density at radius 1 is 1.29 bits per heavy atom. The molecule has 1 atom stereocenters. The number of nitrogens with one attached hydrogen (secondary N) is 1. The number of hydrogen-bond acceptors (Lipinski definition) is 3. The van der Waals surface area contributed by atoms with E-state index in [2.05, 4.69) is 5.32 Å². The maximum absolute atomic E-state index is 12.1. The molecule has 6 heteroatoms. The summed E-state index contributed by atoms with van der Waals surface area (Å²) >= 11 is 11.7. The molecule has 4 nitrogen and oxygen atoms in total. The molecular formula is C15H19Cl2NO3. The third-order valence-electron chi connectivity index (χ3n) is 3.15. The zero-order valence-corrected chi connectivity index (χ0v) is 13.8. The van der Waals surface area contributed by atoms with Crippen molar-refractivity contribution in [3.05, 3.63) is 33.8 Å². The molecule has 0 saturated carbocycles. The van der Waals surface area contributed by atoms with Crippen LogP contribution < -0.4 is 5.32 Å². The average molecular weight is 332 g/mol. The van der Waals surface area contributed by atoms with Crippen molar-refractivity contribution in [1.29, 1.82) is 0 Å². The average Bonchev–Trinajstić information content (AvgIpc) is 2.42. The smallest absolute Gasteiger partial charge is 0.331 e. The first kappa shape index (κ1) is 17.8. The molecule has 116 valence electrons. The summed E-state index contributed by atoms with van der Waals surface area (Å²) in [6.45, 7) is 3.60. The number of halogens is 2. The Morgan fingerprint density at radius 3 is 2.48 bits per heavy atom. The highest BCUT2D eigenvalue weighted by atomic mass is 35.5. The van der Waals surface area contributed by atoms with E-state index >= 15 is 0 Å². The summed E-state index contributed by atoms with van der Waals surface area (Å²) in [5.41, 5.74) is -0.290. The third-order valence-corrected chi connectivity index (χ3v) is 3.89. The Hall–Kier alpha value is -1.26. The summed E-state index contributed by atoms with van der Waals surface area (Å²) in [5.74, 6) is -0.721. The van der Waals surface area contributed by atoms with Crippen LogP contribution in [0, 0.1) is 0 Å². The molecule has 1 amide bonds. The molecule has 0 spiro atoms. The number of carbonyl (C=O) groups is 2. The van der Waals surface area contributed by atoms with Crippen molar-refractivity contribution >= 4 is 35.1 Å². The van der Waals surface area contributed by atoms with E-state index in [4.69, 9.17) is 27.9 Å². The van der Waals surface area contributed by atoms with Gasteiger partial charge in [-0.25, -0.2) is 4.79 Å². The van der Waals surface area contributed by atoms with Crippen molar-refractivity contribution < 1.29 is 14.3 Å². The standard InChI is InChI=1S/C15H19Cl2NO3/c1-4-7-15(2,14(20)21-3)18-13(19)9-10-5-6-11(16)12(17)8-10/h5-6,8H,4,7,9H2,1-3H3,(H,18,19). The fraction of sp³-hybridized carbons (Fsp3) is 0.467. The van der Waals surface area contributed by atoms with Crippen molar-refractivity contribution in [2.45, 2.75) is 38.6 Å². The lowest BCUT2D eigenvalue weighted by Crippen LogP contribution is -2.53. The first-order chi connectivity index (χ1) is 9.82. The SMILES string of the molecule is CCCC(C)(NC(=O)Cc1ccc(Cl)c(Cl)c1)C(=O)OC. The van der Waals surface area contributed by atoms with Gasteiger partial charge in [0.05, 0.1) is 23.6 Å². The van der Waals surface area contributed by atoms with Gasteiger partial charge in [0.2, 0.25) is 5.91 Å². The molecular weight excluding hydrogens is 313 g/mol. The number of rotatable bonds is 6. The quantitative estimate of drug-likeness (QED) is 0.813. The number of benzene rings is 1. The molecule has 0 aromatic heterocycles. The van der Waals surface area contributed by atoms with Gasteiger partial charge in [-0.2, -0.15) is 0 Å². The lowest BCUT2D eigenvalue weighted by atomic mass is 9.95. The van der Waals surface area contributed by atoms with Crippen LogP contribution in [0.25, 0.3) is 0 Å². The number of carbonyl (C=O) groups excluding carboxylic acids is 2. The minimum absolute atomic E-state index is 0.118. The van der Waals surface area contributed by atoms with E-state index in [-0.39, 0.29) is 12.3 Å². The van der Waals surface area contributed by atoms with E-state index in [1.807, 2.05) is 6.92 Å². The molecule has 1 N–H and O–H groups in total. The van der Waals surface area contributed by atoms with Crippen molar-refractivity contribution in [2.24, 2.45) is 0 Å². The predicted molar refractivity (Wildman–Crippen MR) is 83.6 cm³/mol. The zero-order chi connectivity index (χ0) is 16.0. The monoisotopic (exact) mass is 331 g/mol. The minimum Gasteiger partial charge on any atom is -0.467 e. The Kier molecular flexibility index (Phi) is 6.49. The molecule has 0 bridgehead atoms. The Bertz CT molecular complexity index is 534. The van der Waals surface area contributed by atoms with Gasteiger partial charge in [0, 0.05) is 0 Å². The Morgan fingerprint density at radius 2 is 1.95 bits per heavy atom. The second-order valence-corrected chi connectivity index (χ2v) is 5.86. The summed E-state index contributed by atoms with van der Waals surface area (Å²) in [6.07, 6.45) is 1.37. The maximum Gasteiger partial charge on any atom is 0.331 e. The number of amides is 1. The van der Waals surface area contributed by atoms with Crippen molar-refractivity contribution in [3.63, 3.8) is 0 Å². The molecule has 0 radical (unpaired) electrons. The Labute approximate surface area is 134 Å². The fourth-order valence-corrected chi connectivity index (χ4v) is 2.45. The van der Waals surface area contributed by atoms with Crippen molar-refractivity contribution in [3.8, 4) is 0 Å². The van der Waals surface area contributed by atoms with Gasteiger partial charge in [-0.1, -0.05) is 42.6 Å². The first-order valence-corrected chi connectivity index (χ1v) is 7.41. The highest BCUT2D eigenvalue weighted by molar-refractivity contribution is 6.42. The van der Waals surface area contributed by atoms with Gasteiger partial charge in [-0.3, -0.25) is 4.79 Å². The van der Waals surface area contributed by atoms with E-state index in [1.165, 1.54) is 7.11 Å². The van der Waals surface area contributed by atoms with E-state index in [0.29, 0.717) is 16.5 Å². The van der Waals surface area contributed by atoms with Gasteiger partial charge in [-0.05, 0) is 31.0 Å². The lowest BCUT2D eigenvalue weighted by Gasteiger charge is -2.27. The molecule has 0 fully saturated rings. The van der Waals surface area contributed by atoms with Crippen LogP contribution in [0.2, 0.25) is 10.0 Å². The van der Waals surface area contributed by atoms with Crippen LogP contribution in [0.4, 0.5) is 0 Å². The van der Waals surface area contributed by atoms with Gasteiger partial charge in [0.25, 0.3) is 0 Å². The topological polar surface area (TPSA) is 55.4 Å². The molecule has 1 rings (SSSR count). The number of hydrogen-bond donors (Lipinski definition) is 1. The van der Waals surface area contributed by atoms with Crippen molar-refractivity contribution in [2.75, 3.05) is 7.11 Å². The second kappa shape index (κ2) is 7.66. The summed E-state index contributed by atoms with van der Waals surface area (Å²) < 4.78 is 4.76. The normalized spacial score (nSPS) is 13.4. The second-order valence-electron chi connectivity index (χ2n) is 5.05. The van der Waals surface area contributed by atoms with Crippen LogP contribution in [0.1, 0.15) is 32.3 Å². The number of ether oxygens (including phenoxy) is 1. The van der Waals surface area contributed by atoms with Crippen LogP contribution in [0.5, 0.6) is 0 Å². The highest BCUT2D eigenvalue weighted by Crippen LogP contribution is 2.23. The van der Waals surface area contributed by atoms with Crippen LogP contribution in [-0.2, 0) is 20.7 Å². The van der Waals surface area contributed by atoms with E-state index in [1.54, 1.807) is 25.1 Å². The van der Waals surface area contributed by atoms with Gasteiger partial charge < -0.3 is 10.1 Å². The summed E-state index contributed by atoms with van der Waals surface area (Å²) in [6, 6.07) is 5.00. The molecule has 1 aromatic carbocycles. The van der Waals surface area contributed by atoms with Gasteiger partial charge >= 0.3 is 5.97 Å². The van der Waals surface area contributed by atoms with Crippen LogP contribution in [0.3, 0.4) is 0 Å². The maximum atomic E-state index is 12.1. The van der Waals surface area contributed by atoms with Gasteiger partial charge in [0.15, 0.2) is 0 Å². The minimum atomic E-state index is -1.02. The number of methoxy groups -OCH3 is 1. The summed E-state index contributed by atoms with van der Waals surface area (Å²) in [5, 5.41) is 3.57. The molecule has 1 unspecified atom stereocenters. The van der Waals surface area contributed by atoms with E-state index < -0.39 is 11.5 Å². The highest BCUT2D eigenvalue weighted by Gasteiger charge is 2.34. The molecule has 0 aliphatic rings. The fourth-order valence-electron chi connectivity index (χ4n) is 2.13. The van der Waals surface area contributed by atoms with Crippen LogP contribution >= 0.6 is 23.2 Å². The number of esters is 1. The van der Waals surface area contributed by atoms with Gasteiger partial charge in [0.1, 0.15) is 5.54 Å². The van der Waals surface area contributed by atoms with Crippen LogP contribution in [0.15, 0.2) is 18.2 Å². The molecule has 0 aliphatic heterocycles. The van der Waals surface area contributed by atoms with Crippen molar-refractivity contribution in [1.82, 2.24) is 5.32 Å². The molecule has 0 aliphatic carbocycles. The zero-order valence-electron chi connectivity index (χ0n) is 12.3. The van der Waals surface area contributed by atoms with Crippen LogP contribution in [-0.4, -0.2) is 24.5 Å². The van der Waals surface area contributed by atoms with E-state index in [9.17, 15) is 9.59 Å². The molecule has 1 aromatic rings. The predicted octanol–water partition coefficient (Wildman–Crippen LogP) is 3.38. The lowest BCUT2D eigenvalue weighted by molar-refractivity contribution is -0.150. The summed E-state index contributed by atoms with van der Waals surface area (Å²) in [7, 11) is 1.31. The summed E-state index contributed by atoms with van der Waals surface area (Å²) in [4.78, 5) is 24.0. The Balaban J connectivity index is 2.78. The largest absolute Gasteiger partial charge is 0.467 e. The van der Waals surface area contributed by atoms with Gasteiger partial charge in [-0.15, -0.1) is 0 Å². The molecule has 21 heavy (non-hydrogen) atoms.